The summed E-state index contributed by atoms with van der Waals surface area (Å²) in [7, 11) is 0. The van der Waals surface area contributed by atoms with Gasteiger partial charge in [0, 0.05) is 5.39 Å². The van der Waals surface area contributed by atoms with E-state index >= 15 is 0 Å². The number of benzene rings is 1. The van der Waals surface area contributed by atoms with Crippen molar-refractivity contribution in [2.45, 2.75) is 44.1 Å². The number of para-hydroxylation sites is 1. The van der Waals surface area contributed by atoms with Gasteiger partial charge in [0.2, 0.25) is 0 Å². The number of hydrogen-bond donors (Lipinski definition) is 1. The number of rotatable bonds is 2. The van der Waals surface area contributed by atoms with Crippen LogP contribution >= 0.6 is 0 Å². The SMILES string of the molecule is OC1(c2cc3ccccc3o2)CCCC(C2CC2)C1. The maximum Gasteiger partial charge on any atom is 0.136 e. The maximum atomic E-state index is 11.0. The van der Waals surface area contributed by atoms with E-state index in [0.717, 1.165) is 41.9 Å². The fourth-order valence-corrected chi connectivity index (χ4v) is 3.70. The van der Waals surface area contributed by atoms with E-state index in [9.17, 15) is 5.11 Å². The van der Waals surface area contributed by atoms with Gasteiger partial charge in [-0.15, -0.1) is 0 Å². The molecule has 0 amide bonds. The van der Waals surface area contributed by atoms with Gasteiger partial charge >= 0.3 is 0 Å². The van der Waals surface area contributed by atoms with E-state index in [2.05, 4.69) is 0 Å². The first-order chi connectivity index (χ1) is 9.24. The normalized spacial score (nSPS) is 31.7. The largest absolute Gasteiger partial charge is 0.458 e. The minimum Gasteiger partial charge on any atom is -0.458 e. The van der Waals surface area contributed by atoms with Crippen LogP contribution in [0.15, 0.2) is 34.7 Å². The van der Waals surface area contributed by atoms with Crippen LogP contribution in [0.3, 0.4) is 0 Å². The first-order valence-corrected chi connectivity index (χ1v) is 7.46. The number of fused-ring (bicyclic) bond motifs is 1. The lowest BCUT2D eigenvalue weighted by Gasteiger charge is -2.35. The first-order valence-electron chi connectivity index (χ1n) is 7.46. The summed E-state index contributed by atoms with van der Waals surface area (Å²) in [6.45, 7) is 0. The Morgan fingerprint density at radius 1 is 1.11 bits per heavy atom. The molecule has 2 aliphatic carbocycles. The predicted molar refractivity (Wildman–Crippen MR) is 74.8 cm³/mol. The number of furan rings is 1. The second kappa shape index (κ2) is 4.11. The summed E-state index contributed by atoms with van der Waals surface area (Å²) in [6, 6.07) is 10.0. The Bertz CT molecular complexity index is 563. The molecule has 0 radical (unpaired) electrons. The van der Waals surface area contributed by atoms with Crippen molar-refractivity contribution in [2.75, 3.05) is 0 Å². The molecule has 2 aliphatic rings. The van der Waals surface area contributed by atoms with Crippen LogP contribution in [0.5, 0.6) is 0 Å². The standard InChI is InChI=1S/C17H20O2/c18-17(9-3-5-14(11-17)12-7-8-12)16-10-13-4-1-2-6-15(13)19-16/h1-2,4,6,10,12,14,18H,3,5,7-9,11H2. The van der Waals surface area contributed by atoms with Crippen LogP contribution in [0.25, 0.3) is 11.0 Å². The van der Waals surface area contributed by atoms with E-state index in [0.29, 0.717) is 5.92 Å². The molecule has 1 aromatic carbocycles. The monoisotopic (exact) mass is 256 g/mol. The molecular formula is C17H20O2. The Morgan fingerprint density at radius 3 is 2.74 bits per heavy atom. The van der Waals surface area contributed by atoms with Gasteiger partial charge in [0.05, 0.1) is 0 Å². The fourth-order valence-electron chi connectivity index (χ4n) is 3.70. The maximum absolute atomic E-state index is 11.0. The molecule has 2 saturated carbocycles. The molecule has 0 spiro atoms. The van der Waals surface area contributed by atoms with Crippen molar-refractivity contribution in [1.29, 1.82) is 0 Å². The van der Waals surface area contributed by atoms with E-state index < -0.39 is 5.60 Å². The zero-order valence-corrected chi connectivity index (χ0v) is 11.1. The van der Waals surface area contributed by atoms with Crippen LogP contribution in [0, 0.1) is 11.8 Å². The zero-order valence-electron chi connectivity index (χ0n) is 11.1. The third-order valence-corrected chi connectivity index (χ3v) is 4.94. The molecule has 4 rings (SSSR count). The quantitative estimate of drug-likeness (QED) is 0.872. The van der Waals surface area contributed by atoms with Crippen LogP contribution < -0.4 is 0 Å². The molecule has 100 valence electrons. The average molecular weight is 256 g/mol. The molecule has 2 fully saturated rings. The summed E-state index contributed by atoms with van der Waals surface area (Å²) in [5.41, 5.74) is 0.157. The van der Waals surface area contributed by atoms with Crippen molar-refractivity contribution in [2.24, 2.45) is 11.8 Å². The van der Waals surface area contributed by atoms with E-state index in [4.69, 9.17) is 4.42 Å². The minimum absolute atomic E-state index is 0.701. The van der Waals surface area contributed by atoms with E-state index in [1.54, 1.807) is 0 Å². The van der Waals surface area contributed by atoms with Gasteiger partial charge < -0.3 is 9.52 Å². The van der Waals surface area contributed by atoms with Crippen molar-refractivity contribution in [3.63, 3.8) is 0 Å². The first kappa shape index (κ1) is 11.5. The minimum atomic E-state index is -0.732. The van der Waals surface area contributed by atoms with Crippen molar-refractivity contribution >= 4 is 11.0 Å². The Hall–Kier alpha value is -1.28. The third-order valence-electron chi connectivity index (χ3n) is 4.94. The van der Waals surface area contributed by atoms with Gasteiger partial charge in [0.15, 0.2) is 0 Å². The summed E-state index contributed by atoms with van der Waals surface area (Å²) in [4.78, 5) is 0. The highest BCUT2D eigenvalue weighted by Crippen LogP contribution is 2.50. The lowest BCUT2D eigenvalue weighted by atomic mass is 9.75. The topological polar surface area (TPSA) is 33.4 Å². The summed E-state index contributed by atoms with van der Waals surface area (Å²) in [6.07, 6.45) is 6.86. The van der Waals surface area contributed by atoms with Crippen molar-refractivity contribution in [1.82, 2.24) is 0 Å². The Kier molecular flexibility index (Phi) is 2.49. The molecule has 1 N–H and O–H groups in total. The Labute approximate surface area is 113 Å². The van der Waals surface area contributed by atoms with Gasteiger partial charge in [-0.1, -0.05) is 18.2 Å². The average Bonchev–Trinajstić information content (AvgIpc) is 3.17. The predicted octanol–water partition coefficient (Wildman–Crippen LogP) is 4.22. The van der Waals surface area contributed by atoms with Crippen LogP contribution in [-0.4, -0.2) is 5.11 Å². The van der Waals surface area contributed by atoms with Crippen molar-refractivity contribution in [3.05, 3.63) is 36.1 Å². The lowest BCUT2D eigenvalue weighted by Crippen LogP contribution is -2.33. The Balaban J connectivity index is 1.68. The van der Waals surface area contributed by atoms with E-state index in [-0.39, 0.29) is 0 Å². The van der Waals surface area contributed by atoms with Gasteiger partial charge in [-0.2, -0.15) is 0 Å². The lowest BCUT2D eigenvalue weighted by molar-refractivity contribution is -0.0410. The molecule has 2 aromatic rings. The zero-order chi connectivity index (χ0) is 12.9. The van der Waals surface area contributed by atoms with Gasteiger partial charge in [0.1, 0.15) is 16.9 Å². The van der Waals surface area contributed by atoms with Crippen LogP contribution in [-0.2, 0) is 5.60 Å². The summed E-state index contributed by atoms with van der Waals surface area (Å²) in [5, 5.41) is 12.1. The smallest absolute Gasteiger partial charge is 0.136 e. The van der Waals surface area contributed by atoms with Crippen molar-refractivity contribution < 1.29 is 9.52 Å². The second-order valence-corrected chi connectivity index (χ2v) is 6.37. The second-order valence-electron chi connectivity index (χ2n) is 6.37. The highest BCUT2D eigenvalue weighted by atomic mass is 16.4. The molecule has 2 heteroatoms. The highest BCUT2D eigenvalue weighted by Gasteiger charge is 2.43. The molecule has 0 bridgehead atoms. The molecular weight excluding hydrogens is 236 g/mol. The molecule has 2 unspecified atom stereocenters. The molecule has 0 saturated heterocycles. The molecule has 1 aromatic heterocycles. The molecule has 19 heavy (non-hydrogen) atoms. The van der Waals surface area contributed by atoms with E-state index in [1.165, 1.54) is 19.3 Å². The molecule has 2 atom stereocenters. The fraction of sp³-hybridized carbons (Fsp3) is 0.529. The van der Waals surface area contributed by atoms with Crippen LogP contribution in [0.2, 0.25) is 0 Å². The highest BCUT2D eigenvalue weighted by molar-refractivity contribution is 5.77. The van der Waals surface area contributed by atoms with Gasteiger partial charge in [0.25, 0.3) is 0 Å². The number of hydrogen-bond acceptors (Lipinski definition) is 2. The van der Waals surface area contributed by atoms with Crippen LogP contribution in [0.1, 0.15) is 44.3 Å². The molecule has 0 aliphatic heterocycles. The summed E-state index contributed by atoms with van der Waals surface area (Å²) < 4.78 is 5.91. The van der Waals surface area contributed by atoms with Crippen molar-refractivity contribution in [3.8, 4) is 0 Å². The van der Waals surface area contributed by atoms with Gasteiger partial charge in [-0.3, -0.25) is 0 Å². The Morgan fingerprint density at radius 2 is 1.95 bits per heavy atom. The van der Waals surface area contributed by atoms with Gasteiger partial charge in [-0.25, -0.2) is 0 Å². The number of aliphatic hydroxyl groups is 1. The third kappa shape index (κ3) is 1.99. The summed E-state index contributed by atoms with van der Waals surface area (Å²) in [5.74, 6) is 2.35. The van der Waals surface area contributed by atoms with Crippen LogP contribution in [0.4, 0.5) is 0 Å². The van der Waals surface area contributed by atoms with E-state index in [1.807, 2.05) is 30.3 Å². The van der Waals surface area contributed by atoms with Gasteiger partial charge in [-0.05, 0) is 62.5 Å². The summed E-state index contributed by atoms with van der Waals surface area (Å²) >= 11 is 0. The molecule has 2 nitrogen and oxygen atoms in total. The molecule has 1 heterocycles.